The second-order valence-electron chi connectivity index (χ2n) is 2.06. The molecule has 0 aliphatic carbocycles. The van der Waals surface area contributed by atoms with E-state index in [1.54, 1.807) is 12.1 Å². The topological polar surface area (TPSA) is 52.3 Å². The highest BCUT2D eigenvalue weighted by molar-refractivity contribution is 9.11. The Bertz CT molecular complexity index is 294. The van der Waals surface area contributed by atoms with Crippen molar-refractivity contribution in [1.29, 1.82) is 0 Å². The smallest absolute Gasteiger partial charge is 0.356 e. The van der Waals surface area contributed by atoms with Crippen molar-refractivity contribution in [3.63, 3.8) is 0 Å². The summed E-state index contributed by atoms with van der Waals surface area (Å²) in [6.45, 7) is 0. The number of halogens is 2. The third-order valence-electron chi connectivity index (χ3n) is 1.21. The molecular formula is C7H5Br2NO2. The van der Waals surface area contributed by atoms with Gasteiger partial charge in [0.25, 0.3) is 0 Å². The molecule has 0 bridgehead atoms. The highest BCUT2D eigenvalue weighted by Crippen LogP contribution is 2.20. The number of hydrogen-bond donors (Lipinski definition) is 1. The summed E-state index contributed by atoms with van der Waals surface area (Å²) >= 11 is 6.46. The van der Waals surface area contributed by atoms with Crippen molar-refractivity contribution in [3.05, 3.63) is 32.7 Å². The van der Waals surface area contributed by atoms with Crippen molar-refractivity contribution in [2.45, 2.75) is 0 Å². The number of carbonyl (C=O) groups excluding carboxylic acids is 1. The molecule has 0 fully saturated rings. The van der Waals surface area contributed by atoms with E-state index in [1.165, 1.54) is 0 Å². The van der Waals surface area contributed by atoms with Gasteiger partial charge in [-0.25, -0.2) is 4.79 Å². The molecule has 0 heterocycles. The maximum absolute atomic E-state index is 10.9. The van der Waals surface area contributed by atoms with Crippen LogP contribution < -0.4 is 5.90 Å². The van der Waals surface area contributed by atoms with Crippen LogP contribution in [0.25, 0.3) is 0 Å². The van der Waals surface area contributed by atoms with E-state index in [2.05, 4.69) is 36.7 Å². The summed E-state index contributed by atoms with van der Waals surface area (Å²) in [7, 11) is 0. The molecule has 0 aliphatic heterocycles. The minimum absolute atomic E-state index is 0.402. The lowest BCUT2D eigenvalue weighted by atomic mass is 10.2. The van der Waals surface area contributed by atoms with E-state index >= 15 is 0 Å². The van der Waals surface area contributed by atoms with Crippen molar-refractivity contribution in [1.82, 2.24) is 0 Å². The van der Waals surface area contributed by atoms with E-state index < -0.39 is 5.97 Å². The summed E-state index contributed by atoms with van der Waals surface area (Å²) in [4.78, 5) is 15.0. The largest absolute Gasteiger partial charge is 0.370 e. The Hall–Kier alpha value is -0.390. The van der Waals surface area contributed by atoms with Gasteiger partial charge in [-0.1, -0.05) is 31.9 Å². The standard InChI is InChI=1S/C7H5Br2NO2/c8-5-1-4(7(11)12-10)2-6(9)3-5/h1-3H,10H2. The van der Waals surface area contributed by atoms with Crippen LogP contribution in [0, 0.1) is 0 Å². The van der Waals surface area contributed by atoms with Crippen LogP contribution in [0.3, 0.4) is 0 Å². The van der Waals surface area contributed by atoms with E-state index in [0.29, 0.717) is 5.56 Å². The minimum Gasteiger partial charge on any atom is -0.370 e. The van der Waals surface area contributed by atoms with Crippen LogP contribution in [0.1, 0.15) is 10.4 Å². The van der Waals surface area contributed by atoms with Gasteiger partial charge >= 0.3 is 5.97 Å². The zero-order chi connectivity index (χ0) is 9.14. The fraction of sp³-hybridized carbons (Fsp3) is 0. The quantitative estimate of drug-likeness (QED) is 0.808. The molecule has 0 amide bonds. The zero-order valence-corrected chi connectivity index (χ0v) is 9.05. The fourth-order valence-electron chi connectivity index (χ4n) is 0.740. The summed E-state index contributed by atoms with van der Waals surface area (Å²) < 4.78 is 1.58. The number of benzene rings is 1. The highest BCUT2D eigenvalue weighted by Gasteiger charge is 2.06. The Balaban J connectivity index is 3.08. The van der Waals surface area contributed by atoms with Gasteiger partial charge in [-0.05, 0) is 18.2 Å². The van der Waals surface area contributed by atoms with E-state index in [4.69, 9.17) is 5.90 Å². The van der Waals surface area contributed by atoms with E-state index in [9.17, 15) is 4.79 Å². The van der Waals surface area contributed by atoms with Crippen molar-refractivity contribution in [2.75, 3.05) is 0 Å². The summed E-state index contributed by atoms with van der Waals surface area (Å²) in [6, 6.07) is 5.06. The molecule has 0 spiro atoms. The number of carbonyl (C=O) groups is 1. The molecule has 2 N–H and O–H groups in total. The first-order valence-electron chi connectivity index (χ1n) is 3.00. The molecule has 0 aliphatic rings. The highest BCUT2D eigenvalue weighted by atomic mass is 79.9. The van der Waals surface area contributed by atoms with Crippen molar-refractivity contribution in [2.24, 2.45) is 5.90 Å². The van der Waals surface area contributed by atoms with Gasteiger partial charge < -0.3 is 4.84 Å². The maximum atomic E-state index is 10.9. The first-order chi connectivity index (χ1) is 5.63. The lowest BCUT2D eigenvalue weighted by Gasteiger charge is -1.99. The molecule has 3 nitrogen and oxygen atoms in total. The normalized spacial score (nSPS) is 9.58. The lowest BCUT2D eigenvalue weighted by Crippen LogP contribution is -2.09. The average molecular weight is 295 g/mol. The molecular weight excluding hydrogens is 290 g/mol. The van der Waals surface area contributed by atoms with Crippen LogP contribution in [0.5, 0.6) is 0 Å². The van der Waals surface area contributed by atoms with Gasteiger partial charge in [0.1, 0.15) is 0 Å². The van der Waals surface area contributed by atoms with Gasteiger partial charge in [0, 0.05) is 8.95 Å². The summed E-state index contributed by atoms with van der Waals surface area (Å²) in [5.41, 5.74) is 0.402. The molecule has 64 valence electrons. The van der Waals surface area contributed by atoms with E-state index in [1.807, 2.05) is 6.07 Å². The Morgan fingerprint density at radius 1 is 1.25 bits per heavy atom. The third kappa shape index (κ3) is 2.30. The number of rotatable bonds is 1. The fourth-order valence-corrected chi connectivity index (χ4v) is 2.03. The van der Waals surface area contributed by atoms with Gasteiger partial charge in [0.2, 0.25) is 0 Å². The molecule has 0 saturated carbocycles. The van der Waals surface area contributed by atoms with E-state index in [0.717, 1.165) is 8.95 Å². The minimum atomic E-state index is -0.558. The van der Waals surface area contributed by atoms with Gasteiger partial charge in [-0.3, -0.25) is 0 Å². The predicted octanol–water partition coefficient (Wildman–Crippen LogP) is 2.24. The van der Waals surface area contributed by atoms with Crippen molar-refractivity contribution >= 4 is 37.8 Å². The second-order valence-corrected chi connectivity index (χ2v) is 3.89. The van der Waals surface area contributed by atoms with Crippen LogP contribution in [0.15, 0.2) is 27.1 Å². The molecule has 0 radical (unpaired) electrons. The van der Waals surface area contributed by atoms with Crippen LogP contribution >= 0.6 is 31.9 Å². The number of nitrogens with two attached hydrogens (primary N) is 1. The van der Waals surface area contributed by atoms with Crippen LogP contribution in [0.2, 0.25) is 0 Å². The first-order valence-corrected chi connectivity index (χ1v) is 4.59. The Morgan fingerprint density at radius 3 is 2.17 bits per heavy atom. The third-order valence-corrected chi connectivity index (χ3v) is 2.12. The van der Waals surface area contributed by atoms with E-state index in [-0.39, 0.29) is 0 Å². The molecule has 1 rings (SSSR count). The Kier molecular flexibility index (Phi) is 3.25. The lowest BCUT2D eigenvalue weighted by molar-refractivity contribution is 0.0503. The summed E-state index contributed by atoms with van der Waals surface area (Å²) in [5.74, 6) is 4.17. The predicted molar refractivity (Wildman–Crippen MR) is 51.4 cm³/mol. The number of hydrogen-bond acceptors (Lipinski definition) is 3. The van der Waals surface area contributed by atoms with Gasteiger partial charge in [0.15, 0.2) is 0 Å². The summed E-state index contributed by atoms with van der Waals surface area (Å²) in [5, 5.41) is 0. The van der Waals surface area contributed by atoms with Crippen LogP contribution in [-0.4, -0.2) is 5.97 Å². The molecule has 5 heteroatoms. The molecule has 1 aromatic rings. The summed E-state index contributed by atoms with van der Waals surface area (Å²) in [6.07, 6.45) is 0. The van der Waals surface area contributed by atoms with Crippen molar-refractivity contribution in [3.8, 4) is 0 Å². The average Bonchev–Trinajstić information content (AvgIpc) is 2.01. The molecule has 12 heavy (non-hydrogen) atoms. The Morgan fingerprint density at radius 2 is 1.75 bits per heavy atom. The molecule has 0 atom stereocenters. The van der Waals surface area contributed by atoms with Gasteiger partial charge in [-0.2, -0.15) is 5.90 Å². The van der Waals surface area contributed by atoms with Gasteiger partial charge in [0.05, 0.1) is 5.56 Å². The second kappa shape index (κ2) is 4.02. The van der Waals surface area contributed by atoms with Crippen molar-refractivity contribution < 1.29 is 9.63 Å². The van der Waals surface area contributed by atoms with Crippen LogP contribution in [-0.2, 0) is 4.84 Å². The Labute approximate surface area is 86.1 Å². The molecule has 1 aromatic carbocycles. The zero-order valence-electron chi connectivity index (χ0n) is 5.88. The van der Waals surface area contributed by atoms with Gasteiger partial charge in [-0.15, -0.1) is 0 Å². The van der Waals surface area contributed by atoms with Crippen LogP contribution in [0.4, 0.5) is 0 Å². The SMILES string of the molecule is NOC(=O)c1cc(Br)cc(Br)c1. The monoisotopic (exact) mass is 293 g/mol. The maximum Gasteiger partial charge on any atom is 0.356 e. The first kappa shape index (κ1) is 9.70. The molecule has 0 aromatic heterocycles. The molecule has 0 saturated heterocycles. The molecule has 0 unspecified atom stereocenters.